The molecule has 2 aliphatic rings. The van der Waals surface area contributed by atoms with E-state index < -0.39 is 0 Å². The van der Waals surface area contributed by atoms with E-state index in [1.54, 1.807) is 5.01 Å². The molecule has 0 aromatic carbocycles. The Kier molecular flexibility index (Phi) is 4.12. The molecule has 0 saturated heterocycles. The monoisotopic (exact) mass is 366 g/mol. The molecule has 1 aromatic heterocycles. The van der Waals surface area contributed by atoms with Crippen LogP contribution in [-0.4, -0.2) is 29.8 Å². The molecule has 22 heavy (non-hydrogen) atoms. The Morgan fingerprint density at radius 1 is 1.50 bits per heavy atom. The highest BCUT2D eigenvalue weighted by Crippen LogP contribution is 2.43. The van der Waals surface area contributed by atoms with Crippen LogP contribution in [-0.2, 0) is 9.53 Å². The molecule has 0 amide bonds. The molecule has 3 rings (SSSR count). The van der Waals surface area contributed by atoms with Crippen LogP contribution < -0.4 is 0 Å². The zero-order valence-corrected chi connectivity index (χ0v) is 14.6. The summed E-state index contributed by atoms with van der Waals surface area (Å²) in [4.78, 5) is 11.9. The fourth-order valence-corrected chi connectivity index (χ4v) is 2.98. The van der Waals surface area contributed by atoms with E-state index in [-0.39, 0.29) is 18.4 Å². The highest BCUT2D eigenvalue weighted by Gasteiger charge is 2.34. The van der Waals surface area contributed by atoms with Gasteiger partial charge in [-0.15, -0.1) is 0 Å². The zero-order chi connectivity index (χ0) is 15.9. The number of nitrogens with zero attached hydrogens (tertiary/aromatic N) is 2. The third-order valence-corrected chi connectivity index (χ3v) is 4.03. The third kappa shape index (κ3) is 2.84. The number of ether oxygens (including phenoxy) is 1. The Morgan fingerprint density at radius 3 is 2.82 bits per heavy atom. The second-order valence-corrected chi connectivity index (χ2v) is 6.53. The number of carbonyl (C=O) groups excluding carboxylic acids is 1. The maximum atomic E-state index is 11.9. The molecule has 1 aromatic rings. The number of hydrogen-bond donors (Lipinski definition) is 0. The minimum Gasteiger partial charge on any atom is -0.465 e. The quantitative estimate of drug-likeness (QED) is 0.760. The molecule has 0 unspecified atom stereocenters. The lowest BCUT2D eigenvalue weighted by Crippen LogP contribution is -2.31. The van der Waals surface area contributed by atoms with Gasteiger partial charge in [0, 0.05) is 17.5 Å². The zero-order valence-electron chi connectivity index (χ0n) is 13.0. The van der Waals surface area contributed by atoms with Crippen molar-refractivity contribution in [2.45, 2.75) is 33.6 Å². The Bertz CT molecular complexity index is 667. The molecule has 2 heterocycles. The van der Waals surface area contributed by atoms with E-state index in [9.17, 15) is 4.79 Å². The number of esters is 1. The SMILES string of the molecule is CCOC(=O)CN1N=C(C(C)C)c2oc(Br)cc2C1=C1CC1. The van der Waals surface area contributed by atoms with Crippen molar-refractivity contribution in [2.24, 2.45) is 11.0 Å². The highest BCUT2D eigenvalue weighted by atomic mass is 79.9. The summed E-state index contributed by atoms with van der Waals surface area (Å²) >= 11 is 3.41. The van der Waals surface area contributed by atoms with Crippen LogP contribution in [0.3, 0.4) is 0 Å². The molecule has 1 aliphatic carbocycles. The summed E-state index contributed by atoms with van der Waals surface area (Å²) < 4.78 is 11.6. The Morgan fingerprint density at radius 2 is 2.23 bits per heavy atom. The lowest BCUT2D eigenvalue weighted by atomic mass is 9.99. The number of allylic oxidation sites excluding steroid dienone is 1. The number of furan rings is 1. The van der Waals surface area contributed by atoms with Crippen LogP contribution in [0.2, 0.25) is 0 Å². The maximum Gasteiger partial charge on any atom is 0.327 e. The van der Waals surface area contributed by atoms with Crippen molar-refractivity contribution in [2.75, 3.05) is 13.2 Å². The molecule has 0 spiro atoms. The van der Waals surface area contributed by atoms with Gasteiger partial charge < -0.3 is 9.15 Å². The highest BCUT2D eigenvalue weighted by molar-refractivity contribution is 9.10. The first-order valence-corrected chi connectivity index (χ1v) is 8.34. The van der Waals surface area contributed by atoms with E-state index in [1.807, 2.05) is 13.0 Å². The van der Waals surface area contributed by atoms with Crippen molar-refractivity contribution in [1.82, 2.24) is 5.01 Å². The largest absolute Gasteiger partial charge is 0.465 e. The smallest absolute Gasteiger partial charge is 0.327 e. The molecule has 118 valence electrons. The summed E-state index contributed by atoms with van der Waals surface area (Å²) in [5.41, 5.74) is 4.18. The van der Waals surface area contributed by atoms with Crippen LogP contribution in [0.25, 0.3) is 5.70 Å². The Labute approximate surface area is 138 Å². The van der Waals surface area contributed by atoms with Gasteiger partial charge in [-0.2, -0.15) is 5.10 Å². The number of hydrogen-bond acceptors (Lipinski definition) is 5. The van der Waals surface area contributed by atoms with Gasteiger partial charge >= 0.3 is 5.97 Å². The number of carbonyl (C=O) groups is 1. The summed E-state index contributed by atoms with van der Waals surface area (Å²) in [6.45, 7) is 6.45. The molecule has 6 heteroatoms. The summed E-state index contributed by atoms with van der Waals surface area (Å²) in [5, 5.41) is 6.46. The number of hydrazone groups is 1. The van der Waals surface area contributed by atoms with E-state index in [0.29, 0.717) is 11.3 Å². The Balaban J connectivity index is 2.03. The van der Waals surface area contributed by atoms with Crippen molar-refractivity contribution in [3.63, 3.8) is 0 Å². The number of rotatable bonds is 4. The van der Waals surface area contributed by atoms with Gasteiger partial charge in [0.15, 0.2) is 10.4 Å². The summed E-state index contributed by atoms with van der Waals surface area (Å²) in [5.74, 6) is 0.739. The van der Waals surface area contributed by atoms with E-state index in [2.05, 4.69) is 34.9 Å². The van der Waals surface area contributed by atoms with Crippen molar-refractivity contribution in [1.29, 1.82) is 0 Å². The van der Waals surface area contributed by atoms with Crippen LogP contribution in [0.4, 0.5) is 0 Å². The molecule has 0 bridgehead atoms. The van der Waals surface area contributed by atoms with Crippen LogP contribution in [0.5, 0.6) is 0 Å². The Hall–Kier alpha value is -1.56. The minimum absolute atomic E-state index is 0.130. The first-order valence-electron chi connectivity index (χ1n) is 7.55. The van der Waals surface area contributed by atoms with Gasteiger partial charge in [-0.1, -0.05) is 13.8 Å². The van der Waals surface area contributed by atoms with Crippen LogP contribution in [0.15, 0.2) is 25.8 Å². The average Bonchev–Trinajstić information content (AvgIpc) is 3.19. The van der Waals surface area contributed by atoms with Crippen LogP contribution in [0.1, 0.15) is 44.9 Å². The topological polar surface area (TPSA) is 55.0 Å². The van der Waals surface area contributed by atoms with Gasteiger partial charge in [-0.3, -0.25) is 9.80 Å². The molecule has 0 atom stereocenters. The lowest BCUT2D eigenvalue weighted by Gasteiger charge is -2.28. The van der Waals surface area contributed by atoms with Gasteiger partial charge in [0.1, 0.15) is 12.3 Å². The van der Waals surface area contributed by atoms with Crippen molar-refractivity contribution < 1.29 is 13.9 Å². The maximum absolute atomic E-state index is 11.9. The van der Waals surface area contributed by atoms with E-state index in [4.69, 9.17) is 9.15 Å². The third-order valence-electron chi connectivity index (χ3n) is 3.64. The van der Waals surface area contributed by atoms with E-state index in [0.717, 1.165) is 35.6 Å². The van der Waals surface area contributed by atoms with Crippen LogP contribution >= 0.6 is 15.9 Å². The number of fused-ring (bicyclic) bond motifs is 1. The van der Waals surface area contributed by atoms with Crippen molar-refractivity contribution >= 4 is 33.3 Å². The van der Waals surface area contributed by atoms with Gasteiger partial charge in [0.05, 0.1) is 12.3 Å². The number of halogens is 1. The standard InChI is InChI=1S/C16H19BrN2O3/c1-4-21-13(20)8-19-15(10-5-6-10)11-7-12(17)22-16(11)14(18-19)9(2)3/h7,9H,4-6,8H2,1-3H3. The van der Waals surface area contributed by atoms with E-state index in [1.165, 1.54) is 5.57 Å². The molecule has 1 fully saturated rings. The first-order chi connectivity index (χ1) is 10.5. The summed E-state index contributed by atoms with van der Waals surface area (Å²) in [6, 6.07) is 1.96. The van der Waals surface area contributed by atoms with Gasteiger partial charge in [-0.25, -0.2) is 0 Å². The molecular formula is C16H19BrN2O3. The fourth-order valence-electron chi connectivity index (χ4n) is 2.58. The molecule has 5 nitrogen and oxygen atoms in total. The predicted molar refractivity (Wildman–Crippen MR) is 87.3 cm³/mol. The van der Waals surface area contributed by atoms with E-state index >= 15 is 0 Å². The fraction of sp³-hybridized carbons (Fsp3) is 0.500. The summed E-state index contributed by atoms with van der Waals surface area (Å²) in [7, 11) is 0. The lowest BCUT2D eigenvalue weighted by molar-refractivity contribution is -0.143. The molecule has 1 saturated carbocycles. The van der Waals surface area contributed by atoms with Gasteiger partial charge in [0.25, 0.3) is 0 Å². The van der Waals surface area contributed by atoms with Gasteiger partial charge in [0.2, 0.25) is 0 Å². The summed E-state index contributed by atoms with van der Waals surface area (Å²) in [6.07, 6.45) is 2.09. The average molecular weight is 367 g/mol. The second kappa shape index (κ2) is 5.91. The molecular weight excluding hydrogens is 348 g/mol. The first kappa shape index (κ1) is 15.3. The molecule has 0 N–H and O–H groups in total. The second-order valence-electron chi connectivity index (χ2n) is 5.75. The predicted octanol–water partition coefficient (Wildman–Crippen LogP) is 3.79. The molecule has 1 aliphatic heterocycles. The van der Waals surface area contributed by atoms with Crippen molar-refractivity contribution in [3.05, 3.63) is 27.6 Å². The van der Waals surface area contributed by atoms with Crippen LogP contribution in [0, 0.1) is 5.92 Å². The van der Waals surface area contributed by atoms with Crippen molar-refractivity contribution in [3.8, 4) is 0 Å². The van der Waals surface area contributed by atoms with Gasteiger partial charge in [-0.05, 0) is 41.3 Å². The normalized spacial score (nSPS) is 16.8. The molecule has 0 radical (unpaired) electrons. The minimum atomic E-state index is -0.265.